The monoisotopic (exact) mass is 231 g/mol. The lowest BCUT2D eigenvalue weighted by molar-refractivity contribution is 0.260. The molecule has 0 amide bonds. The second-order valence-corrected chi connectivity index (χ2v) is 6.17. The molecule has 0 saturated heterocycles. The lowest BCUT2D eigenvalue weighted by Crippen LogP contribution is -2.39. The third-order valence-electron chi connectivity index (χ3n) is 4.38. The summed E-state index contributed by atoms with van der Waals surface area (Å²) in [5.74, 6) is 0. The molecule has 0 heterocycles. The van der Waals surface area contributed by atoms with Crippen LogP contribution in [0.5, 0.6) is 0 Å². The maximum atomic E-state index is 6.45. The van der Waals surface area contributed by atoms with Gasteiger partial charge in [-0.3, -0.25) is 0 Å². The average molecular weight is 231 g/mol. The summed E-state index contributed by atoms with van der Waals surface area (Å²) in [6.07, 6.45) is 6.35. The SMILES string of the molecule is Cc1cc(C)cc(CC(N)C2(C)CCCC2)c1. The van der Waals surface area contributed by atoms with Gasteiger partial charge in [-0.1, -0.05) is 49.1 Å². The molecule has 0 bridgehead atoms. The van der Waals surface area contributed by atoms with Gasteiger partial charge in [0.25, 0.3) is 0 Å². The fourth-order valence-electron chi connectivity index (χ4n) is 3.24. The van der Waals surface area contributed by atoms with Crippen LogP contribution in [-0.4, -0.2) is 6.04 Å². The van der Waals surface area contributed by atoms with Gasteiger partial charge in [0.2, 0.25) is 0 Å². The Morgan fingerprint density at radius 2 is 1.65 bits per heavy atom. The van der Waals surface area contributed by atoms with Crippen molar-refractivity contribution in [2.75, 3.05) is 0 Å². The van der Waals surface area contributed by atoms with E-state index in [0.717, 1.165) is 6.42 Å². The first-order valence-electron chi connectivity index (χ1n) is 6.82. The maximum absolute atomic E-state index is 6.45. The van der Waals surface area contributed by atoms with Gasteiger partial charge >= 0.3 is 0 Å². The van der Waals surface area contributed by atoms with Gasteiger partial charge < -0.3 is 5.73 Å². The molecule has 1 heteroatoms. The molecule has 0 aromatic heterocycles. The van der Waals surface area contributed by atoms with E-state index in [-0.39, 0.29) is 0 Å². The molecule has 2 N–H and O–H groups in total. The summed E-state index contributed by atoms with van der Waals surface area (Å²) in [6, 6.07) is 7.11. The normalized spacial score (nSPS) is 20.5. The number of hydrogen-bond donors (Lipinski definition) is 1. The summed E-state index contributed by atoms with van der Waals surface area (Å²) >= 11 is 0. The number of rotatable bonds is 3. The van der Waals surface area contributed by atoms with Crippen molar-refractivity contribution in [3.8, 4) is 0 Å². The zero-order chi connectivity index (χ0) is 12.5. The highest BCUT2D eigenvalue weighted by molar-refractivity contribution is 5.29. The van der Waals surface area contributed by atoms with Crippen molar-refractivity contribution in [3.05, 3.63) is 34.9 Å². The predicted molar refractivity (Wildman–Crippen MR) is 74.2 cm³/mol. The minimum Gasteiger partial charge on any atom is -0.327 e. The lowest BCUT2D eigenvalue weighted by Gasteiger charge is -2.31. The summed E-state index contributed by atoms with van der Waals surface area (Å²) in [7, 11) is 0. The Labute approximate surface area is 105 Å². The first kappa shape index (κ1) is 12.6. The van der Waals surface area contributed by atoms with Crippen LogP contribution in [0.1, 0.15) is 49.3 Å². The van der Waals surface area contributed by atoms with Crippen LogP contribution in [0.15, 0.2) is 18.2 Å². The standard InChI is InChI=1S/C16H25N/c1-12-8-13(2)10-14(9-12)11-15(17)16(3)6-4-5-7-16/h8-10,15H,4-7,11,17H2,1-3H3. The van der Waals surface area contributed by atoms with Gasteiger partial charge in [-0.25, -0.2) is 0 Å². The summed E-state index contributed by atoms with van der Waals surface area (Å²) in [6.45, 7) is 6.70. The van der Waals surface area contributed by atoms with E-state index in [0.29, 0.717) is 11.5 Å². The molecule has 2 rings (SSSR count). The molecule has 0 spiro atoms. The van der Waals surface area contributed by atoms with Crippen LogP contribution < -0.4 is 5.73 Å². The van der Waals surface area contributed by atoms with Crippen molar-refractivity contribution < 1.29 is 0 Å². The van der Waals surface area contributed by atoms with Crippen molar-refractivity contribution in [1.29, 1.82) is 0 Å². The van der Waals surface area contributed by atoms with E-state index in [9.17, 15) is 0 Å². The van der Waals surface area contributed by atoms with Gasteiger partial charge in [-0.2, -0.15) is 0 Å². The van der Waals surface area contributed by atoms with E-state index in [2.05, 4.69) is 39.0 Å². The van der Waals surface area contributed by atoms with Crippen molar-refractivity contribution in [2.45, 2.75) is 58.9 Å². The Kier molecular flexibility index (Phi) is 3.58. The average Bonchev–Trinajstić information content (AvgIpc) is 2.64. The molecule has 1 aliphatic rings. The molecule has 1 unspecified atom stereocenters. The molecule has 1 saturated carbocycles. The Hall–Kier alpha value is -0.820. The topological polar surface area (TPSA) is 26.0 Å². The number of nitrogens with two attached hydrogens (primary N) is 1. The fraction of sp³-hybridized carbons (Fsp3) is 0.625. The fourth-order valence-corrected chi connectivity index (χ4v) is 3.24. The minimum atomic E-state index is 0.311. The third kappa shape index (κ3) is 2.90. The Morgan fingerprint density at radius 3 is 2.18 bits per heavy atom. The molecule has 1 atom stereocenters. The van der Waals surface area contributed by atoms with Crippen molar-refractivity contribution >= 4 is 0 Å². The van der Waals surface area contributed by atoms with E-state index in [1.165, 1.54) is 42.4 Å². The predicted octanol–water partition coefficient (Wildman–Crippen LogP) is 3.75. The van der Waals surface area contributed by atoms with Gasteiger partial charge in [0.1, 0.15) is 0 Å². The first-order chi connectivity index (χ1) is 7.99. The zero-order valence-corrected chi connectivity index (χ0v) is 11.4. The molecule has 1 fully saturated rings. The molecule has 1 nitrogen and oxygen atoms in total. The van der Waals surface area contributed by atoms with Crippen LogP contribution in [0.3, 0.4) is 0 Å². The smallest absolute Gasteiger partial charge is 0.0133 e. The summed E-state index contributed by atoms with van der Waals surface area (Å²) < 4.78 is 0. The van der Waals surface area contributed by atoms with Crippen molar-refractivity contribution in [2.24, 2.45) is 11.1 Å². The third-order valence-corrected chi connectivity index (χ3v) is 4.38. The second kappa shape index (κ2) is 4.81. The van der Waals surface area contributed by atoms with E-state index >= 15 is 0 Å². The molecule has 1 aromatic rings. The zero-order valence-electron chi connectivity index (χ0n) is 11.4. The maximum Gasteiger partial charge on any atom is 0.0133 e. The van der Waals surface area contributed by atoms with E-state index < -0.39 is 0 Å². The van der Waals surface area contributed by atoms with Crippen LogP contribution in [0.25, 0.3) is 0 Å². The number of hydrogen-bond acceptors (Lipinski definition) is 1. The molecule has 0 radical (unpaired) electrons. The molecule has 1 aromatic carbocycles. The summed E-state index contributed by atoms with van der Waals surface area (Å²) in [5.41, 5.74) is 10.9. The molecule has 1 aliphatic carbocycles. The van der Waals surface area contributed by atoms with Crippen LogP contribution in [-0.2, 0) is 6.42 Å². The Morgan fingerprint density at radius 1 is 1.12 bits per heavy atom. The van der Waals surface area contributed by atoms with Crippen LogP contribution in [0.2, 0.25) is 0 Å². The van der Waals surface area contributed by atoms with Crippen molar-refractivity contribution in [3.63, 3.8) is 0 Å². The molecular formula is C16H25N. The quantitative estimate of drug-likeness (QED) is 0.842. The van der Waals surface area contributed by atoms with Crippen LogP contribution in [0.4, 0.5) is 0 Å². The Bertz CT molecular complexity index is 368. The summed E-state index contributed by atoms with van der Waals surface area (Å²) in [5, 5.41) is 0. The molecule has 17 heavy (non-hydrogen) atoms. The summed E-state index contributed by atoms with van der Waals surface area (Å²) in [4.78, 5) is 0. The molecule has 94 valence electrons. The van der Waals surface area contributed by atoms with E-state index in [1.54, 1.807) is 0 Å². The molecule has 0 aliphatic heterocycles. The van der Waals surface area contributed by atoms with Crippen LogP contribution in [0, 0.1) is 19.3 Å². The number of benzene rings is 1. The largest absolute Gasteiger partial charge is 0.327 e. The van der Waals surface area contributed by atoms with Gasteiger partial charge in [-0.05, 0) is 44.1 Å². The van der Waals surface area contributed by atoms with Gasteiger partial charge in [0.05, 0.1) is 0 Å². The molecular weight excluding hydrogens is 206 g/mol. The number of aryl methyl sites for hydroxylation is 2. The highest BCUT2D eigenvalue weighted by Gasteiger charge is 2.34. The lowest BCUT2D eigenvalue weighted by atomic mass is 9.78. The van der Waals surface area contributed by atoms with E-state index in [1.807, 2.05) is 0 Å². The highest BCUT2D eigenvalue weighted by Crippen LogP contribution is 2.40. The Balaban J connectivity index is 2.09. The van der Waals surface area contributed by atoms with Gasteiger partial charge in [0.15, 0.2) is 0 Å². The highest BCUT2D eigenvalue weighted by atomic mass is 14.7. The minimum absolute atomic E-state index is 0.311. The van der Waals surface area contributed by atoms with E-state index in [4.69, 9.17) is 5.73 Å². The van der Waals surface area contributed by atoms with Crippen molar-refractivity contribution in [1.82, 2.24) is 0 Å². The first-order valence-corrected chi connectivity index (χ1v) is 6.82. The van der Waals surface area contributed by atoms with Crippen LogP contribution >= 0.6 is 0 Å². The second-order valence-electron chi connectivity index (χ2n) is 6.17. The van der Waals surface area contributed by atoms with Gasteiger partial charge in [0, 0.05) is 6.04 Å². The van der Waals surface area contributed by atoms with Gasteiger partial charge in [-0.15, -0.1) is 0 Å².